The molecule has 2 aliphatic rings. The van der Waals surface area contributed by atoms with Crippen LogP contribution in [-0.4, -0.2) is 61.4 Å². The summed E-state index contributed by atoms with van der Waals surface area (Å²) in [5.74, 6) is -0.605. The van der Waals surface area contributed by atoms with Gasteiger partial charge < -0.3 is 0 Å². The zero-order valence-electron chi connectivity index (χ0n) is 20.7. The van der Waals surface area contributed by atoms with Gasteiger partial charge in [-0.05, 0) is 61.4 Å². The number of hydrogen-bond donors (Lipinski definition) is 0. The van der Waals surface area contributed by atoms with Crippen LogP contribution in [0.3, 0.4) is 0 Å². The Morgan fingerprint density at radius 3 is 2.76 bits per heavy atom. The topological polar surface area (TPSA) is 116 Å². The van der Waals surface area contributed by atoms with E-state index in [2.05, 4.69) is 20.3 Å². The van der Waals surface area contributed by atoms with E-state index in [0.29, 0.717) is 31.5 Å². The third-order valence-electron chi connectivity index (χ3n) is 7.60. The molecule has 4 aromatic rings. The summed E-state index contributed by atoms with van der Waals surface area (Å²) in [6.07, 6.45) is 5.15. The van der Waals surface area contributed by atoms with Crippen molar-refractivity contribution >= 4 is 27.1 Å². The molecule has 1 saturated heterocycles. The minimum absolute atomic E-state index is 0.0260. The molecule has 0 N–H and O–H groups in total. The number of Topliss-reactive ketones (excluding diaryl/α,β-unsaturated/α-hetero) is 1. The number of benzene rings is 1. The summed E-state index contributed by atoms with van der Waals surface area (Å²) < 4.78 is 44.0. The second-order valence-electron chi connectivity index (χ2n) is 9.85. The van der Waals surface area contributed by atoms with E-state index in [1.54, 1.807) is 33.9 Å². The van der Waals surface area contributed by atoms with Gasteiger partial charge in [0.1, 0.15) is 11.5 Å². The molecule has 0 amide bonds. The Hall–Kier alpha value is -3.29. The maximum atomic E-state index is 14.1. The summed E-state index contributed by atoms with van der Waals surface area (Å²) in [6.45, 7) is 2.77. The van der Waals surface area contributed by atoms with Gasteiger partial charge in [0, 0.05) is 24.2 Å². The number of fused-ring (bicyclic) bond motifs is 2. The highest BCUT2D eigenvalue weighted by atomic mass is 32.2. The van der Waals surface area contributed by atoms with Crippen LogP contribution >= 0.6 is 11.3 Å². The van der Waals surface area contributed by atoms with Gasteiger partial charge in [-0.1, -0.05) is 6.92 Å². The van der Waals surface area contributed by atoms with E-state index in [0.717, 1.165) is 23.4 Å². The third kappa shape index (κ3) is 4.09. The monoisotopic (exact) mass is 555 g/mol. The average molecular weight is 556 g/mol. The number of sulfonamides is 1. The van der Waals surface area contributed by atoms with Gasteiger partial charge in [0.2, 0.25) is 5.03 Å². The highest BCUT2D eigenvalue weighted by Gasteiger charge is 2.55. The second kappa shape index (κ2) is 9.47. The number of thiazole rings is 1. The molecule has 0 bridgehead atoms. The Morgan fingerprint density at radius 2 is 2.03 bits per heavy atom. The summed E-state index contributed by atoms with van der Waals surface area (Å²) in [5, 5.41) is 14.5. The predicted octanol–water partition coefficient (Wildman–Crippen LogP) is 3.15. The fourth-order valence-electron chi connectivity index (χ4n) is 5.71. The van der Waals surface area contributed by atoms with Gasteiger partial charge >= 0.3 is 0 Å². The zero-order chi connectivity index (χ0) is 26.5. The molecule has 0 saturated carbocycles. The SMILES string of the molecule is CCCn1ncc(S(=O)(=O)N2CCC3Cc4c(cnn4-c4ccc(F)cc4)CC3(C(=O)c3cscn3)C2)n1. The van der Waals surface area contributed by atoms with Crippen molar-refractivity contribution in [3.63, 3.8) is 0 Å². The van der Waals surface area contributed by atoms with Gasteiger partial charge in [-0.25, -0.2) is 22.5 Å². The lowest BCUT2D eigenvalue weighted by molar-refractivity contribution is 0.0394. The zero-order valence-corrected chi connectivity index (χ0v) is 22.3. The summed E-state index contributed by atoms with van der Waals surface area (Å²) >= 11 is 1.33. The van der Waals surface area contributed by atoms with Crippen molar-refractivity contribution in [2.24, 2.45) is 11.3 Å². The first kappa shape index (κ1) is 25.0. The largest absolute Gasteiger partial charge is 0.292 e. The van der Waals surface area contributed by atoms with E-state index in [4.69, 9.17) is 0 Å². The van der Waals surface area contributed by atoms with Crippen LogP contribution in [0.5, 0.6) is 0 Å². The lowest BCUT2D eigenvalue weighted by Gasteiger charge is -2.48. The molecule has 1 fully saturated rings. The van der Waals surface area contributed by atoms with Crippen LogP contribution in [0.1, 0.15) is 41.5 Å². The Morgan fingerprint density at radius 1 is 1.21 bits per heavy atom. The Labute approximate surface area is 223 Å². The quantitative estimate of drug-likeness (QED) is 0.322. The van der Waals surface area contributed by atoms with Crippen molar-refractivity contribution in [1.29, 1.82) is 0 Å². The molecule has 0 spiro atoms. The fourth-order valence-corrected chi connectivity index (χ4v) is 7.63. The van der Waals surface area contributed by atoms with Crippen molar-refractivity contribution in [2.45, 2.75) is 44.2 Å². The lowest BCUT2D eigenvalue weighted by atomic mass is 9.60. The molecule has 4 heterocycles. The number of hydrogen-bond acceptors (Lipinski definition) is 8. The van der Waals surface area contributed by atoms with Gasteiger partial charge in [0.15, 0.2) is 5.78 Å². The van der Waals surface area contributed by atoms with Gasteiger partial charge in [0.05, 0.1) is 35.6 Å². The van der Waals surface area contributed by atoms with Crippen LogP contribution in [0.2, 0.25) is 0 Å². The summed E-state index contributed by atoms with van der Waals surface area (Å²) in [5.41, 5.74) is 3.54. The number of halogens is 1. The minimum atomic E-state index is -3.96. The Bertz CT molecular complexity index is 1580. The van der Waals surface area contributed by atoms with Crippen molar-refractivity contribution < 1.29 is 17.6 Å². The highest BCUT2D eigenvalue weighted by Crippen LogP contribution is 2.48. The Balaban J connectivity index is 1.39. The van der Waals surface area contributed by atoms with Crippen LogP contribution in [0.4, 0.5) is 4.39 Å². The second-order valence-corrected chi connectivity index (χ2v) is 12.5. The summed E-state index contributed by atoms with van der Waals surface area (Å²) in [7, 11) is -3.96. The maximum absolute atomic E-state index is 14.1. The Kier molecular flexibility index (Phi) is 6.23. The predicted molar refractivity (Wildman–Crippen MR) is 137 cm³/mol. The first-order valence-electron chi connectivity index (χ1n) is 12.5. The molecule has 3 aromatic heterocycles. The molecule has 2 unspecified atom stereocenters. The number of aromatic nitrogens is 6. The summed E-state index contributed by atoms with van der Waals surface area (Å²) in [4.78, 5) is 19.7. The van der Waals surface area contributed by atoms with Gasteiger partial charge in [-0.15, -0.1) is 16.4 Å². The number of carbonyl (C=O) groups excluding carboxylic acids is 1. The van der Waals surface area contributed by atoms with Crippen molar-refractivity contribution in [3.8, 4) is 5.69 Å². The standard InChI is InChI=1S/C25H26FN7O3S2/c1-2-8-32-28-13-23(30-32)38(35,36)31-9-7-18-10-22-17(12-29-33(22)20-5-3-19(26)4-6-20)11-25(18,15-31)24(34)21-14-37-16-27-21/h3-6,12-14,16,18H,2,7-11,15H2,1H3. The normalized spacial score (nSPS) is 21.7. The van der Waals surface area contributed by atoms with E-state index in [9.17, 15) is 17.6 Å². The van der Waals surface area contributed by atoms with Crippen LogP contribution in [-0.2, 0) is 29.4 Å². The van der Waals surface area contributed by atoms with Crippen molar-refractivity contribution in [3.05, 3.63) is 70.3 Å². The van der Waals surface area contributed by atoms with E-state index in [1.165, 1.54) is 38.8 Å². The summed E-state index contributed by atoms with van der Waals surface area (Å²) in [6, 6.07) is 6.13. The third-order valence-corrected chi connectivity index (χ3v) is 9.89. The van der Waals surface area contributed by atoms with Crippen LogP contribution < -0.4 is 0 Å². The molecule has 38 heavy (non-hydrogen) atoms. The van der Waals surface area contributed by atoms with Crippen LogP contribution in [0.25, 0.3) is 5.69 Å². The van der Waals surface area contributed by atoms with Gasteiger partial charge in [-0.3, -0.25) is 4.79 Å². The van der Waals surface area contributed by atoms with E-state index in [-0.39, 0.29) is 35.6 Å². The lowest BCUT2D eigenvalue weighted by Crippen LogP contribution is -2.57. The molecule has 0 radical (unpaired) electrons. The fraction of sp³-hybridized carbons (Fsp3) is 0.400. The van der Waals surface area contributed by atoms with Gasteiger partial charge in [-0.2, -0.15) is 19.3 Å². The molecule has 1 aromatic carbocycles. The molecule has 10 nitrogen and oxygen atoms in total. The minimum Gasteiger partial charge on any atom is -0.292 e. The molecular formula is C25H26FN7O3S2. The van der Waals surface area contributed by atoms with Gasteiger partial charge in [0.25, 0.3) is 10.0 Å². The number of ketones is 1. The molecule has 2 atom stereocenters. The number of rotatable bonds is 7. The van der Waals surface area contributed by atoms with Crippen molar-refractivity contribution in [1.82, 2.24) is 34.1 Å². The maximum Gasteiger partial charge on any atom is 0.264 e. The first-order valence-corrected chi connectivity index (χ1v) is 14.8. The van der Waals surface area contributed by atoms with E-state index < -0.39 is 15.4 Å². The number of nitrogens with zero attached hydrogens (tertiary/aromatic N) is 7. The molecule has 1 aliphatic carbocycles. The van der Waals surface area contributed by atoms with Crippen molar-refractivity contribution in [2.75, 3.05) is 13.1 Å². The highest BCUT2D eigenvalue weighted by molar-refractivity contribution is 7.89. The molecular weight excluding hydrogens is 529 g/mol. The number of aryl methyl sites for hydroxylation is 1. The molecule has 13 heteroatoms. The molecule has 6 rings (SSSR count). The molecule has 198 valence electrons. The van der Waals surface area contributed by atoms with E-state index >= 15 is 0 Å². The smallest absolute Gasteiger partial charge is 0.264 e. The van der Waals surface area contributed by atoms with E-state index in [1.807, 2.05) is 6.92 Å². The van der Waals surface area contributed by atoms with Crippen LogP contribution in [0, 0.1) is 17.2 Å². The average Bonchev–Trinajstić information content (AvgIpc) is 3.69. The number of carbonyl (C=O) groups is 1. The molecule has 1 aliphatic heterocycles. The first-order chi connectivity index (χ1) is 18.3. The van der Waals surface area contributed by atoms with Crippen LogP contribution in [0.15, 0.2) is 52.6 Å². The number of piperidine rings is 1.